The first-order chi connectivity index (χ1) is 6.29. The fourth-order valence-corrected chi connectivity index (χ4v) is 2.99. The molecule has 1 fully saturated rings. The van der Waals surface area contributed by atoms with E-state index in [0.717, 1.165) is 19.3 Å². The molecule has 3 heteroatoms. The van der Waals surface area contributed by atoms with Gasteiger partial charge in [-0.25, -0.2) is 0 Å². The molecule has 3 nitrogen and oxygen atoms in total. The van der Waals surface area contributed by atoms with Gasteiger partial charge in [0.2, 0.25) is 0 Å². The number of carbonyl (C=O) groups excluding carboxylic acids is 1. The number of ether oxygens (including phenoxy) is 1. The summed E-state index contributed by atoms with van der Waals surface area (Å²) in [6, 6.07) is 0. The quantitative estimate of drug-likeness (QED) is 0.654. The van der Waals surface area contributed by atoms with Crippen molar-refractivity contribution in [2.45, 2.75) is 45.6 Å². The number of esters is 1. The Hall–Kier alpha value is -0.570. The van der Waals surface area contributed by atoms with Crippen molar-refractivity contribution in [2.24, 2.45) is 17.1 Å². The van der Waals surface area contributed by atoms with Crippen LogP contribution in [0.4, 0.5) is 0 Å². The minimum Gasteiger partial charge on any atom is -0.468 e. The minimum absolute atomic E-state index is 0.139. The number of carbonyl (C=O) groups is 1. The molecule has 1 saturated carbocycles. The molecule has 0 unspecified atom stereocenters. The summed E-state index contributed by atoms with van der Waals surface area (Å²) in [4.78, 5) is 11.6. The van der Waals surface area contributed by atoms with Gasteiger partial charge in [0.15, 0.2) is 0 Å². The van der Waals surface area contributed by atoms with Gasteiger partial charge in [0, 0.05) is 0 Å². The van der Waals surface area contributed by atoms with Crippen LogP contribution in [-0.2, 0) is 9.53 Å². The lowest BCUT2D eigenvalue weighted by atomic mass is 9.64. The van der Waals surface area contributed by atoms with Crippen molar-refractivity contribution in [1.29, 1.82) is 0 Å². The van der Waals surface area contributed by atoms with Crippen molar-refractivity contribution in [1.82, 2.24) is 0 Å². The molecule has 14 heavy (non-hydrogen) atoms. The summed E-state index contributed by atoms with van der Waals surface area (Å²) in [6.45, 7) is 6.46. The molecular formula is C11H21NO2. The zero-order valence-corrected chi connectivity index (χ0v) is 9.59. The van der Waals surface area contributed by atoms with E-state index in [2.05, 4.69) is 20.8 Å². The number of hydrogen-bond donors (Lipinski definition) is 1. The molecule has 0 amide bonds. The summed E-state index contributed by atoms with van der Waals surface area (Å²) in [7, 11) is 1.41. The van der Waals surface area contributed by atoms with Crippen LogP contribution in [0.5, 0.6) is 0 Å². The fraction of sp³-hybridized carbons (Fsp3) is 0.909. The maximum atomic E-state index is 11.6. The Morgan fingerprint density at radius 2 is 2.00 bits per heavy atom. The SMILES string of the molecule is COC(=O)[C@]1(N)C[C@@H](C)CC(C)(C)C1. The van der Waals surface area contributed by atoms with Gasteiger partial charge in [0.25, 0.3) is 0 Å². The lowest BCUT2D eigenvalue weighted by Crippen LogP contribution is -2.55. The van der Waals surface area contributed by atoms with E-state index in [0.29, 0.717) is 5.92 Å². The molecule has 0 aromatic rings. The second-order valence-corrected chi connectivity index (χ2v) is 5.50. The van der Waals surface area contributed by atoms with Crippen LogP contribution in [0.15, 0.2) is 0 Å². The zero-order chi connectivity index (χ0) is 11.0. The van der Waals surface area contributed by atoms with Crippen LogP contribution in [0.1, 0.15) is 40.0 Å². The van der Waals surface area contributed by atoms with E-state index in [1.807, 2.05) is 0 Å². The van der Waals surface area contributed by atoms with Crippen LogP contribution in [0, 0.1) is 11.3 Å². The van der Waals surface area contributed by atoms with Gasteiger partial charge >= 0.3 is 5.97 Å². The molecular weight excluding hydrogens is 178 g/mol. The first-order valence-electron chi connectivity index (χ1n) is 5.16. The highest BCUT2D eigenvalue weighted by Crippen LogP contribution is 2.43. The van der Waals surface area contributed by atoms with Gasteiger partial charge in [-0.3, -0.25) is 4.79 Å². The number of rotatable bonds is 1. The summed E-state index contributed by atoms with van der Waals surface area (Å²) in [5, 5.41) is 0. The van der Waals surface area contributed by atoms with Crippen LogP contribution >= 0.6 is 0 Å². The van der Waals surface area contributed by atoms with Crippen molar-refractivity contribution in [3.05, 3.63) is 0 Å². The Labute approximate surface area is 86.0 Å². The van der Waals surface area contributed by atoms with Gasteiger partial charge < -0.3 is 10.5 Å². The van der Waals surface area contributed by atoms with Gasteiger partial charge in [-0.2, -0.15) is 0 Å². The van der Waals surface area contributed by atoms with Crippen LogP contribution in [0.2, 0.25) is 0 Å². The minimum atomic E-state index is -0.768. The Bertz CT molecular complexity index is 237. The Morgan fingerprint density at radius 3 is 2.43 bits per heavy atom. The highest BCUT2D eigenvalue weighted by atomic mass is 16.5. The molecule has 82 valence electrons. The normalized spacial score (nSPS) is 36.5. The maximum absolute atomic E-state index is 11.6. The molecule has 0 heterocycles. The van der Waals surface area contributed by atoms with Crippen LogP contribution < -0.4 is 5.73 Å². The summed E-state index contributed by atoms with van der Waals surface area (Å²) in [5.41, 5.74) is 5.48. The van der Waals surface area contributed by atoms with E-state index in [9.17, 15) is 4.79 Å². The van der Waals surface area contributed by atoms with Crippen LogP contribution in [0.25, 0.3) is 0 Å². The summed E-state index contributed by atoms with van der Waals surface area (Å²) in [5.74, 6) is 0.222. The second-order valence-electron chi connectivity index (χ2n) is 5.50. The topological polar surface area (TPSA) is 52.3 Å². The van der Waals surface area contributed by atoms with E-state index in [-0.39, 0.29) is 11.4 Å². The van der Waals surface area contributed by atoms with E-state index < -0.39 is 5.54 Å². The third-order valence-electron chi connectivity index (χ3n) is 3.00. The third-order valence-corrected chi connectivity index (χ3v) is 3.00. The monoisotopic (exact) mass is 199 g/mol. The van der Waals surface area contributed by atoms with E-state index in [1.54, 1.807) is 0 Å². The predicted molar refractivity (Wildman–Crippen MR) is 55.7 cm³/mol. The molecule has 1 aliphatic carbocycles. The maximum Gasteiger partial charge on any atom is 0.325 e. The fourth-order valence-electron chi connectivity index (χ4n) is 2.99. The van der Waals surface area contributed by atoms with Crippen molar-refractivity contribution in [3.8, 4) is 0 Å². The van der Waals surface area contributed by atoms with Gasteiger partial charge in [-0.15, -0.1) is 0 Å². The Kier molecular flexibility index (Phi) is 2.91. The van der Waals surface area contributed by atoms with Gasteiger partial charge in [0.05, 0.1) is 7.11 Å². The molecule has 0 aromatic carbocycles. The van der Waals surface area contributed by atoms with Crippen molar-refractivity contribution in [3.63, 3.8) is 0 Å². The smallest absolute Gasteiger partial charge is 0.325 e. The van der Waals surface area contributed by atoms with E-state index in [4.69, 9.17) is 10.5 Å². The van der Waals surface area contributed by atoms with Crippen molar-refractivity contribution >= 4 is 5.97 Å². The summed E-state index contributed by atoms with van der Waals surface area (Å²) >= 11 is 0. The average Bonchev–Trinajstić information content (AvgIpc) is 1.98. The highest BCUT2D eigenvalue weighted by Gasteiger charge is 2.45. The first kappa shape index (κ1) is 11.5. The lowest BCUT2D eigenvalue weighted by Gasteiger charge is -2.43. The Morgan fingerprint density at radius 1 is 1.43 bits per heavy atom. The molecule has 0 spiro atoms. The average molecular weight is 199 g/mol. The van der Waals surface area contributed by atoms with Crippen molar-refractivity contribution in [2.75, 3.05) is 7.11 Å². The number of hydrogen-bond acceptors (Lipinski definition) is 3. The summed E-state index contributed by atoms with van der Waals surface area (Å²) < 4.78 is 4.77. The molecule has 0 aliphatic heterocycles. The van der Waals surface area contributed by atoms with E-state index in [1.165, 1.54) is 7.11 Å². The number of nitrogens with two attached hydrogens (primary N) is 1. The largest absolute Gasteiger partial charge is 0.468 e. The van der Waals surface area contributed by atoms with Crippen LogP contribution in [0.3, 0.4) is 0 Å². The lowest BCUT2D eigenvalue weighted by molar-refractivity contribution is -0.151. The molecule has 1 aliphatic rings. The molecule has 0 radical (unpaired) electrons. The first-order valence-corrected chi connectivity index (χ1v) is 5.16. The van der Waals surface area contributed by atoms with Gasteiger partial charge in [0.1, 0.15) is 5.54 Å². The molecule has 2 atom stereocenters. The summed E-state index contributed by atoms with van der Waals surface area (Å²) in [6.07, 6.45) is 2.59. The molecule has 0 aromatic heterocycles. The predicted octanol–water partition coefficient (Wildman–Crippen LogP) is 1.70. The molecule has 0 saturated heterocycles. The van der Waals surface area contributed by atoms with Crippen molar-refractivity contribution < 1.29 is 9.53 Å². The van der Waals surface area contributed by atoms with Crippen LogP contribution in [-0.4, -0.2) is 18.6 Å². The third kappa shape index (κ3) is 2.27. The standard InChI is InChI=1S/C11H21NO2/c1-8-5-10(2,3)7-11(12,6-8)9(13)14-4/h8H,5-7,12H2,1-4H3/t8-,11-/m0/s1. The molecule has 0 bridgehead atoms. The highest BCUT2D eigenvalue weighted by molar-refractivity contribution is 5.80. The molecule has 1 rings (SSSR count). The number of methoxy groups -OCH3 is 1. The van der Waals surface area contributed by atoms with E-state index >= 15 is 0 Å². The Balaban J connectivity index is 2.84. The molecule has 2 N–H and O–H groups in total. The second kappa shape index (κ2) is 3.54. The zero-order valence-electron chi connectivity index (χ0n) is 9.59. The van der Waals surface area contributed by atoms with Gasteiger partial charge in [-0.1, -0.05) is 20.8 Å². The van der Waals surface area contributed by atoms with Gasteiger partial charge in [-0.05, 0) is 30.6 Å².